The van der Waals surface area contributed by atoms with Gasteiger partial charge in [0, 0.05) is 16.8 Å². The fourth-order valence-corrected chi connectivity index (χ4v) is 2.55. The van der Waals surface area contributed by atoms with Gasteiger partial charge in [-0.3, -0.25) is 14.0 Å². The first-order valence-electron chi connectivity index (χ1n) is 7.03. The predicted octanol–water partition coefficient (Wildman–Crippen LogP) is 3.22. The van der Waals surface area contributed by atoms with Crippen LogP contribution in [0.15, 0.2) is 47.4 Å². The third-order valence-electron chi connectivity index (χ3n) is 3.56. The lowest BCUT2D eigenvalue weighted by Crippen LogP contribution is -2.25. The lowest BCUT2D eigenvalue weighted by molar-refractivity contribution is 0.102. The summed E-state index contributed by atoms with van der Waals surface area (Å²) in [5.41, 5.74) is 2.17. The number of amides is 1. The minimum absolute atomic E-state index is 0.165. The Balaban J connectivity index is 2.07. The smallest absolute Gasteiger partial charge is 0.281 e. The van der Waals surface area contributed by atoms with Crippen molar-refractivity contribution in [2.45, 2.75) is 13.8 Å². The molecular weight excluding hydrogens is 314 g/mol. The predicted molar refractivity (Wildman–Crippen MR) is 90.3 cm³/mol. The molecule has 5 nitrogen and oxygen atoms in total. The first-order valence-corrected chi connectivity index (χ1v) is 7.40. The van der Waals surface area contributed by atoms with Crippen LogP contribution in [-0.2, 0) is 0 Å². The van der Waals surface area contributed by atoms with E-state index in [2.05, 4.69) is 10.3 Å². The average molecular weight is 328 g/mol. The van der Waals surface area contributed by atoms with E-state index in [1.807, 2.05) is 13.0 Å². The number of aryl methyl sites for hydroxylation is 2. The fourth-order valence-electron chi connectivity index (χ4n) is 2.36. The maximum atomic E-state index is 12.6. The van der Waals surface area contributed by atoms with Crippen LogP contribution in [0, 0.1) is 13.8 Å². The molecule has 0 bridgehead atoms. The van der Waals surface area contributed by atoms with Crippen molar-refractivity contribution in [2.75, 3.05) is 5.32 Å². The van der Waals surface area contributed by atoms with Crippen molar-refractivity contribution in [2.24, 2.45) is 0 Å². The number of carbonyl (C=O) groups excluding carboxylic acids is 1. The first kappa shape index (κ1) is 15.2. The Morgan fingerprint density at radius 1 is 1.22 bits per heavy atom. The van der Waals surface area contributed by atoms with E-state index in [9.17, 15) is 9.59 Å². The van der Waals surface area contributed by atoms with Crippen molar-refractivity contribution in [3.63, 3.8) is 0 Å². The van der Waals surface area contributed by atoms with Crippen LogP contribution in [0.5, 0.6) is 0 Å². The van der Waals surface area contributed by atoms with Crippen molar-refractivity contribution in [3.05, 3.63) is 74.8 Å². The minimum Gasteiger partial charge on any atom is -0.316 e. The maximum absolute atomic E-state index is 12.6. The van der Waals surface area contributed by atoms with E-state index in [0.717, 1.165) is 5.56 Å². The first-order chi connectivity index (χ1) is 11.0. The SMILES string of the molecule is Cc1nc2c(C)cccn2c(=O)c1NC(=O)c1cccc(Cl)c1. The number of rotatable bonds is 2. The zero-order chi connectivity index (χ0) is 16.6. The standard InChI is InChI=1S/C17H14ClN3O2/c1-10-5-4-8-21-15(10)19-11(2)14(17(21)23)20-16(22)12-6-3-7-13(18)9-12/h3-9H,1-2H3,(H,20,22). The van der Waals surface area contributed by atoms with Gasteiger partial charge in [0.1, 0.15) is 11.3 Å². The normalized spacial score (nSPS) is 10.7. The molecule has 0 spiro atoms. The quantitative estimate of drug-likeness (QED) is 0.786. The zero-order valence-corrected chi connectivity index (χ0v) is 13.4. The van der Waals surface area contributed by atoms with E-state index in [0.29, 0.717) is 21.9 Å². The molecule has 1 N–H and O–H groups in total. The van der Waals surface area contributed by atoms with Crippen LogP contribution in [0.3, 0.4) is 0 Å². The maximum Gasteiger partial charge on any atom is 0.281 e. The van der Waals surface area contributed by atoms with Gasteiger partial charge in [-0.25, -0.2) is 4.98 Å². The number of fused-ring (bicyclic) bond motifs is 1. The molecule has 1 aromatic carbocycles. The number of carbonyl (C=O) groups is 1. The molecule has 2 heterocycles. The van der Waals surface area contributed by atoms with Gasteiger partial charge >= 0.3 is 0 Å². The van der Waals surface area contributed by atoms with Gasteiger partial charge in [-0.1, -0.05) is 23.7 Å². The molecule has 0 aliphatic carbocycles. The van der Waals surface area contributed by atoms with Crippen LogP contribution in [0.1, 0.15) is 21.6 Å². The number of hydrogen-bond acceptors (Lipinski definition) is 3. The van der Waals surface area contributed by atoms with E-state index in [1.54, 1.807) is 43.5 Å². The third kappa shape index (κ3) is 2.83. The molecule has 0 unspecified atom stereocenters. The lowest BCUT2D eigenvalue weighted by Gasteiger charge is -2.10. The molecule has 116 valence electrons. The number of pyridine rings is 1. The number of anilines is 1. The van der Waals surface area contributed by atoms with Gasteiger partial charge < -0.3 is 5.32 Å². The second kappa shape index (κ2) is 5.85. The van der Waals surface area contributed by atoms with Gasteiger partial charge in [0.25, 0.3) is 11.5 Å². The Kier molecular flexibility index (Phi) is 3.88. The molecule has 0 aliphatic rings. The van der Waals surface area contributed by atoms with Gasteiger partial charge in [0.15, 0.2) is 0 Å². The fraction of sp³-hybridized carbons (Fsp3) is 0.118. The lowest BCUT2D eigenvalue weighted by atomic mass is 10.2. The monoisotopic (exact) mass is 327 g/mol. The summed E-state index contributed by atoms with van der Waals surface area (Å²) in [7, 11) is 0. The molecule has 6 heteroatoms. The van der Waals surface area contributed by atoms with Gasteiger partial charge in [0.2, 0.25) is 0 Å². The summed E-state index contributed by atoms with van der Waals surface area (Å²) in [5.74, 6) is -0.401. The number of nitrogens with zero attached hydrogens (tertiary/aromatic N) is 2. The molecule has 0 fully saturated rings. The van der Waals surface area contributed by atoms with Gasteiger partial charge in [-0.15, -0.1) is 0 Å². The van der Waals surface area contributed by atoms with E-state index in [-0.39, 0.29) is 11.2 Å². The molecule has 0 radical (unpaired) electrons. The molecule has 2 aromatic heterocycles. The van der Waals surface area contributed by atoms with Crippen LogP contribution in [0.2, 0.25) is 5.02 Å². The highest BCUT2D eigenvalue weighted by Crippen LogP contribution is 2.15. The summed E-state index contributed by atoms with van der Waals surface area (Å²) in [6.45, 7) is 3.58. The van der Waals surface area contributed by atoms with Crippen molar-refractivity contribution in [1.29, 1.82) is 0 Å². The number of halogens is 1. The molecule has 3 aromatic rings. The van der Waals surface area contributed by atoms with Crippen LogP contribution in [0.25, 0.3) is 5.65 Å². The molecule has 0 aliphatic heterocycles. The van der Waals surface area contributed by atoms with E-state index >= 15 is 0 Å². The van der Waals surface area contributed by atoms with Gasteiger partial charge in [0.05, 0.1) is 5.69 Å². The Labute approximate surface area is 137 Å². The average Bonchev–Trinajstić information content (AvgIpc) is 2.52. The number of aromatic nitrogens is 2. The summed E-state index contributed by atoms with van der Waals surface area (Å²) in [6.07, 6.45) is 1.63. The van der Waals surface area contributed by atoms with E-state index in [4.69, 9.17) is 11.6 Å². The molecule has 0 atom stereocenters. The van der Waals surface area contributed by atoms with Crippen LogP contribution in [0.4, 0.5) is 5.69 Å². The second-order valence-corrected chi connectivity index (χ2v) is 5.66. The highest BCUT2D eigenvalue weighted by atomic mass is 35.5. The van der Waals surface area contributed by atoms with E-state index in [1.165, 1.54) is 4.40 Å². The van der Waals surface area contributed by atoms with Crippen LogP contribution >= 0.6 is 11.6 Å². The molecule has 23 heavy (non-hydrogen) atoms. The van der Waals surface area contributed by atoms with Crippen molar-refractivity contribution in [3.8, 4) is 0 Å². The van der Waals surface area contributed by atoms with E-state index < -0.39 is 5.91 Å². The Hall–Kier alpha value is -2.66. The van der Waals surface area contributed by atoms with Crippen molar-refractivity contribution in [1.82, 2.24) is 9.38 Å². The molecule has 1 amide bonds. The number of benzene rings is 1. The van der Waals surface area contributed by atoms with Crippen LogP contribution < -0.4 is 10.9 Å². The summed E-state index contributed by atoms with van der Waals surface area (Å²) >= 11 is 5.89. The zero-order valence-electron chi connectivity index (χ0n) is 12.6. The van der Waals surface area contributed by atoms with Crippen molar-refractivity contribution >= 4 is 28.8 Å². The third-order valence-corrected chi connectivity index (χ3v) is 3.79. The Morgan fingerprint density at radius 3 is 2.74 bits per heavy atom. The highest BCUT2D eigenvalue weighted by molar-refractivity contribution is 6.31. The summed E-state index contributed by atoms with van der Waals surface area (Å²) in [5, 5.41) is 3.10. The van der Waals surface area contributed by atoms with Gasteiger partial charge in [-0.2, -0.15) is 0 Å². The summed E-state index contributed by atoms with van der Waals surface area (Å²) in [6, 6.07) is 10.2. The molecule has 3 rings (SSSR count). The molecule has 0 saturated heterocycles. The summed E-state index contributed by atoms with van der Waals surface area (Å²) < 4.78 is 1.43. The van der Waals surface area contributed by atoms with Gasteiger partial charge in [-0.05, 0) is 43.7 Å². The van der Waals surface area contributed by atoms with Crippen molar-refractivity contribution < 1.29 is 4.79 Å². The minimum atomic E-state index is -0.401. The molecular formula is C17H14ClN3O2. The Morgan fingerprint density at radius 2 is 2.00 bits per heavy atom. The largest absolute Gasteiger partial charge is 0.316 e. The second-order valence-electron chi connectivity index (χ2n) is 5.23. The Bertz CT molecular complexity index is 979. The number of hydrogen-bond donors (Lipinski definition) is 1. The molecule has 0 saturated carbocycles. The number of nitrogens with one attached hydrogen (secondary N) is 1. The van der Waals surface area contributed by atoms with Crippen LogP contribution in [-0.4, -0.2) is 15.3 Å². The summed E-state index contributed by atoms with van der Waals surface area (Å²) in [4.78, 5) is 29.4. The highest BCUT2D eigenvalue weighted by Gasteiger charge is 2.14. The topological polar surface area (TPSA) is 63.5 Å².